The molecule has 0 bridgehead atoms. The summed E-state index contributed by atoms with van der Waals surface area (Å²) in [6.45, 7) is 1.40. The molecule has 8 heteroatoms. The Kier molecular flexibility index (Phi) is 3.34. The standard InChI is InChI=1S/C9H16N6O2/c1-15-13-8(12-14-15)11-7(16)9(6-10)2-4-17-5-3-9/h2-6,10H2,1H3,(H,11,13,16). The van der Waals surface area contributed by atoms with Gasteiger partial charge in [0.05, 0.1) is 12.5 Å². The molecule has 2 rings (SSSR count). The number of rotatable bonds is 3. The Hall–Kier alpha value is -1.54. The molecule has 0 atom stereocenters. The normalized spacial score (nSPS) is 18.9. The molecule has 1 saturated heterocycles. The van der Waals surface area contributed by atoms with Crippen molar-refractivity contribution in [1.29, 1.82) is 0 Å². The van der Waals surface area contributed by atoms with Crippen molar-refractivity contribution in [3.63, 3.8) is 0 Å². The number of tetrazole rings is 1. The molecule has 2 heterocycles. The highest BCUT2D eigenvalue weighted by atomic mass is 16.5. The molecule has 3 N–H and O–H groups in total. The van der Waals surface area contributed by atoms with Crippen molar-refractivity contribution in [2.45, 2.75) is 12.8 Å². The van der Waals surface area contributed by atoms with Gasteiger partial charge in [-0.25, -0.2) is 0 Å². The second kappa shape index (κ2) is 4.76. The molecule has 0 aromatic carbocycles. The summed E-state index contributed by atoms with van der Waals surface area (Å²) in [4.78, 5) is 13.5. The summed E-state index contributed by atoms with van der Waals surface area (Å²) in [5.41, 5.74) is 5.15. The third-order valence-electron chi connectivity index (χ3n) is 3.06. The van der Waals surface area contributed by atoms with Crippen molar-refractivity contribution in [2.75, 3.05) is 25.1 Å². The van der Waals surface area contributed by atoms with Crippen LogP contribution in [0, 0.1) is 5.41 Å². The van der Waals surface area contributed by atoms with E-state index in [4.69, 9.17) is 10.5 Å². The number of amides is 1. The SMILES string of the molecule is Cn1nnc(NC(=O)C2(CN)CCOCC2)n1. The minimum absolute atomic E-state index is 0.156. The maximum absolute atomic E-state index is 12.2. The predicted molar refractivity (Wildman–Crippen MR) is 59.0 cm³/mol. The van der Waals surface area contributed by atoms with Crippen molar-refractivity contribution in [3.8, 4) is 0 Å². The summed E-state index contributed by atoms with van der Waals surface area (Å²) >= 11 is 0. The van der Waals surface area contributed by atoms with Crippen LogP contribution in [-0.4, -0.2) is 45.9 Å². The van der Waals surface area contributed by atoms with E-state index in [9.17, 15) is 4.79 Å². The first kappa shape index (κ1) is 11.9. The number of hydrogen-bond donors (Lipinski definition) is 2. The van der Waals surface area contributed by atoms with Crippen LogP contribution in [0.25, 0.3) is 0 Å². The van der Waals surface area contributed by atoms with Gasteiger partial charge in [0, 0.05) is 19.8 Å². The van der Waals surface area contributed by atoms with Crippen molar-refractivity contribution in [2.24, 2.45) is 18.2 Å². The lowest BCUT2D eigenvalue weighted by Gasteiger charge is -2.33. The lowest BCUT2D eigenvalue weighted by Crippen LogP contribution is -2.46. The van der Waals surface area contributed by atoms with Crippen LogP contribution in [0.2, 0.25) is 0 Å². The molecule has 1 fully saturated rings. The molecule has 8 nitrogen and oxygen atoms in total. The van der Waals surface area contributed by atoms with E-state index in [1.807, 2.05) is 0 Å². The zero-order valence-electron chi connectivity index (χ0n) is 9.72. The Morgan fingerprint density at radius 2 is 2.29 bits per heavy atom. The third kappa shape index (κ3) is 2.42. The van der Waals surface area contributed by atoms with Gasteiger partial charge < -0.3 is 10.5 Å². The van der Waals surface area contributed by atoms with Gasteiger partial charge in [-0.1, -0.05) is 5.10 Å². The molecular weight excluding hydrogens is 224 g/mol. The van der Waals surface area contributed by atoms with Crippen LogP contribution in [0.4, 0.5) is 5.95 Å². The summed E-state index contributed by atoms with van der Waals surface area (Å²) in [6.07, 6.45) is 1.24. The first-order chi connectivity index (χ1) is 8.16. The van der Waals surface area contributed by atoms with E-state index in [0.29, 0.717) is 32.6 Å². The molecular formula is C9H16N6O2. The molecule has 1 amide bonds. The summed E-state index contributed by atoms with van der Waals surface area (Å²) in [7, 11) is 1.63. The second-order valence-corrected chi connectivity index (χ2v) is 4.15. The van der Waals surface area contributed by atoms with E-state index >= 15 is 0 Å². The number of nitrogens with one attached hydrogen (secondary N) is 1. The molecule has 1 aromatic heterocycles. The Labute approximate surface area is 98.5 Å². The van der Waals surface area contributed by atoms with Crippen LogP contribution in [0.15, 0.2) is 0 Å². The van der Waals surface area contributed by atoms with Crippen LogP contribution < -0.4 is 11.1 Å². The van der Waals surface area contributed by atoms with Gasteiger partial charge in [0.2, 0.25) is 5.91 Å². The number of aromatic nitrogens is 4. The number of carbonyl (C=O) groups is 1. The topological polar surface area (TPSA) is 108 Å². The Morgan fingerprint density at radius 1 is 1.59 bits per heavy atom. The smallest absolute Gasteiger partial charge is 0.270 e. The number of ether oxygens (including phenoxy) is 1. The zero-order valence-corrected chi connectivity index (χ0v) is 9.72. The average molecular weight is 240 g/mol. The Bertz CT molecular complexity index is 398. The Balaban J connectivity index is 2.07. The van der Waals surface area contributed by atoms with Gasteiger partial charge in [-0.15, -0.1) is 5.10 Å². The number of carbonyl (C=O) groups excluding carboxylic acids is 1. The van der Waals surface area contributed by atoms with Crippen molar-refractivity contribution in [3.05, 3.63) is 0 Å². The van der Waals surface area contributed by atoms with E-state index in [1.54, 1.807) is 7.05 Å². The van der Waals surface area contributed by atoms with E-state index in [-0.39, 0.29) is 11.9 Å². The summed E-state index contributed by atoms with van der Waals surface area (Å²) < 4.78 is 5.25. The molecule has 0 aliphatic carbocycles. The van der Waals surface area contributed by atoms with E-state index in [1.165, 1.54) is 4.80 Å². The van der Waals surface area contributed by atoms with Crippen LogP contribution in [0.1, 0.15) is 12.8 Å². The van der Waals surface area contributed by atoms with Crippen LogP contribution >= 0.6 is 0 Å². The second-order valence-electron chi connectivity index (χ2n) is 4.15. The first-order valence-electron chi connectivity index (χ1n) is 5.49. The summed E-state index contributed by atoms with van der Waals surface area (Å²) in [6, 6.07) is 0. The minimum atomic E-state index is -0.572. The lowest BCUT2D eigenvalue weighted by atomic mass is 9.79. The molecule has 94 valence electrons. The van der Waals surface area contributed by atoms with E-state index in [2.05, 4.69) is 20.7 Å². The first-order valence-corrected chi connectivity index (χ1v) is 5.49. The van der Waals surface area contributed by atoms with Crippen LogP contribution in [0.5, 0.6) is 0 Å². The van der Waals surface area contributed by atoms with Crippen molar-refractivity contribution < 1.29 is 9.53 Å². The monoisotopic (exact) mass is 240 g/mol. The molecule has 1 aromatic rings. The number of aryl methyl sites for hydroxylation is 1. The molecule has 0 radical (unpaired) electrons. The van der Waals surface area contributed by atoms with Gasteiger partial charge in [-0.3, -0.25) is 10.1 Å². The van der Waals surface area contributed by atoms with Gasteiger partial charge in [-0.2, -0.15) is 4.80 Å². The Morgan fingerprint density at radius 3 is 2.82 bits per heavy atom. The van der Waals surface area contributed by atoms with Gasteiger partial charge in [0.25, 0.3) is 5.95 Å². The summed E-state index contributed by atoms with van der Waals surface area (Å²) in [5, 5.41) is 13.9. The van der Waals surface area contributed by atoms with Crippen LogP contribution in [-0.2, 0) is 16.6 Å². The molecule has 1 aliphatic rings. The summed E-state index contributed by atoms with van der Waals surface area (Å²) in [5.74, 6) is 0.0492. The highest BCUT2D eigenvalue weighted by Gasteiger charge is 2.39. The fourth-order valence-electron chi connectivity index (χ4n) is 1.85. The molecule has 0 unspecified atom stereocenters. The largest absolute Gasteiger partial charge is 0.381 e. The third-order valence-corrected chi connectivity index (χ3v) is 3.06. The van der Waals surface area contributed by atoms with E-state index < -0.39 is 5.41 Å². The zero-order chi connectivity index (χ0) is 12.3. The van der Waals surface area contributed by atoms with E-state index in [0.717, 1.165) is 0 Å². The lowest BCUT2D eigenvalue weighted by molar-refractivity contribution is -0.130. The quantitative estimate of drug-likeness (QED) is 0.694. The highest BCUT2D eigenvalue weighted by Crippen LogP contribution is 2.30. The van der Waals surface area contributed by atoms with Gasteiger partial charge in [0.15, 0.2) is 0 Å². The number of anilines is 1. The van der Waals surface area contributed by atoms with Crippen molar-refractivity contribution in [1.82, 2.24) is 20.2 Å². The number of hydrogen-bond acceptors (Lipinski definition) is 6. The van der Waals surface area contributed by atoms with Gasteiger partial charge in [-0.05, 0) is 18.1 Å². The van der Waals surface area contributed by atoms with Crippen LogP contribution in [0.3, 0.4) is 0 Å². The maximum atomic E-state index is 12.2. The predicted octanol–water partition coefficient (Wildman–Crippen LogP) is -1.10. The maximum Gasteiger partial charge on any atom is 0.270 e. The van der Waals surface area contributed by atoms with Crippen molar-refractivity contribution >= 4 is 11.9 Å². The van der Waals surface area contributed by atoms with Gasteiger partial charge >= 0.3 is 0 Å². The number of nitrogens with zero attached hydrogens (tertiary/aromatic N) is 4. The molecule has 0 spiro atoms. The average Bonchev–Trinajstić information content (AvgIpc) is 2.75. The molecule has 1 aliphatic heterocycles. The fourth-order valence-corrected chi connectivity index (χ4v) is 1.85. The molecule has 17 heavy (non-hydrogen) atoms. The van der Waals surface area contributed by atoms with Gasteiger partial charge in [0.1, 0.15) is 0 Å². The highest BCUT2D eigenvalue weighted by molar-refractivity contribution is 5.94. The number of nitrogens with two attached hydrogens (primary N) is 1. The molecule has 0 saturated carbocycles. The fraction of sp³-hybridized carbons (Fsp3) is 0.778. The minimum Gasteiger partial charge on any atom is -0.381 e.